The van der Waals surface area contributed by atoms with E-state index in [1.807, 2.05) is 0 Å². The van der Waals surface area contributed by atoms with Crippen molar-refractivity contribution in [2.24, 2.45) is 0 Å². The number of carbonyl (C=O) groups excluding carboxylic acids is 1. The van der Waals surface area contributed by atoms with E-state index in [9.17, 15) is 23.1 Å². The SMILES string of the molecule is CCC(=O)c1cc(C(F)(F)F)cc(Br)c1O. The Morgan fingerprint density at radius 1 is 1.44 bits per heavy atom. The van der Waals surface area contributed by atoms with Gasteiger partial charge in [0.2, 0.25) is 0 Å². The van der Waals surface area contributed by atoms with E-state index >= 15 is 0 Å². The minimum atomic E-state index is -4.54. The third-order valence-corrected chi connectivity index (χ3v) is 2.62. The maximum atomic E-state index is 12.4. The molecule has 0 atom stereocenters. The van der Waals surface area contributed by atoms with Gasteiger partial charge in [-0.25, -0.2) is 0 Å². The second-order valence-electron chi connectivity index (χ2n) is 3.13. The molecule has 0 heterocycles. The second kappa shape index (κ2) is 4.45. The molecule has 0 spiro atoms. The molecule has 0 aliphatic carbocycles. The van der Waals surface area contributed by atoms with Crippen LogP contribution in [0.2, 0.25) is 0 Å². The van der Waals surface area contributed by atoms with Gasteiger partial charge in [0.25, 0.3) is 0 Å². The van der Waals surface area contributed by atoms with Crippen molar-refractivity contribution in [3.8, 4) is 5.75 Å². The van der Waals surface area contributed by atoms with Crippen LogP contribution < -0.4 is 0 Å². The Balaban J connectivity index is 3.39. The fourth-order valence-electron chi connectivity index (χ4n) is 1.17. The van der Waals surface area contributed by atoms with Crippen LogP contribution in [-0.2, 0) is 6.18 Å². The van der Waals surface area contributed by atoms with Crippen LogP contribution >= 0.6 is 15.9 Å². The molecule has 0 aliphatic rings. The molecule has 1 aromatic carbocycles. The number of hydrogen-bond acceptors (Lipinski definition) is 2. The van der Waals surface area contributed by atoms with Gasteiger partial charge in [0.05, 0.1) is 15.6 Å². The lowest BCUT2D eigenvalue weighted by Crippen LogP contribution is -2.08. The summed E-state index contributed by atoms with van der Waals surface area (Å²) in [6, 6.07) is 1.40. The van der Waals surface area contributed by atoms with Crippen molar-refractivity contribution in [1.29, 1.82) is 0 Å². The lowest BCUT2D eigenvalue weighted by atomic mass is 10.0. The van der Waals surface area contributed by atoms with Crippen molar-refractivity contribution in [2.45, 2.75) is 19.5 Å². The first-order valence-corrected chi connectivity index (χ1v) is 5.19. The van der Waals surface area contributed by atoms with Crippen molar-refractivity contribution < 1.29 is 23.1 Å². The molecule has 16 heavy (non-hydrogen) atoms. The number of halogens is 4. The molecule has 0 radical (unpaired) electrons. The smallest absolute Gasteiger partial charge is 0.416 e. The number of ketones is 1. The van der Waals surface area contributed by atoms with Crippen molar-refractivity contribution in [3.63, 3.8) is 0 Å². The summed E-state index contributed by atoms with van der Waals surface area (Å²) >= 11 is 2.78. The van der Waals surface area contributed by atoms with Crippen molar-refractivity contribution in [1.82, 2.24) is 0 Å². The number of Topliss-reactive ketones (excluding diaryl/α,β-unsaturated/α-hetero) is 1. The number of alkyl halides is 3. The van der Waals surface area contributed by atoms with Crippen LogP contribution in [0.3, 0.4) is 0 Å². The van der Waals surface area contributed by atoms with Gasteiger partial charge in [0.15, 0.2) is 5.78 Å². The van der Waals surface area contributed by atoms with Crippen LogP contribution in [-0.4, -0.2) is 10.9 Å². The molecule has 88 valence electrons. The summed E-state index contributed by atoms with van der Waals surface area (Å²) < 4.78 is 37.2. The zero-order valence-corrected chi connectivity index (χ0v) is 9.82. The number of rotatable bonds is 2. The number of benzene rings is 1. The summed E-state index contributed by atoms with van der Waals surface area (Å²) in [4.78, 5) is 11.3. The minimum Gasteiger partial charge on any atom is -0.506 e. The summed E-state index contributed by atoms with van der Waals surface area (Å²) in [7, 11) is 0. The molecule has 0 saturated carbocycles. The van der Waals surface area contributed by atoms with Gasteiger partial charge < -0.3 is 5.11 Å². The summed E-state index contributed by atoms with van der Waals surface area (Å²) in [6.45, 7) is 1.51. The van der Waals surface area contributed by atoms with E-state index in [-0.39, 0.29) is 16.5 Å². The Morgan fingerprint density at radius 2 is 2.00 bits per heavy atom. The van der Waals surface area contributed by atoms with Crippen molar-refractivity contribution in [2.75, 3.05) is 0 Å². The first kappa shape index (κ1) is 13.0. The molecule has 0 saturated heterocycles. The largest absolute Gasteiger partial charge is 0.506 e. The van der Waals surface area contributed by atoms with Crippen LogP contribution in [0.4, 0.5) is 13.2 Å². The fourth-order valence-corrected chi connectivity index (χ4v) is 1.63. The predicted molar refractivity (Wildman–Crippen MR) is 55.4 cm³/mol. The van der Waals surface area contributed by atoms with E-state index in [1.54, 1.807) is 0 Å². The summed E-state index contributed by atoms with van der Waals surface area (Å²) in [5, 5.41) is 9.45. The maximum absolute atomic E-state index is 12.4. The van der Waals surface area contributed by atoms with Gasteiger partial charge in [-0.3, -0.25) is 4.79 Å². The van der Waals surface area contributed by atoms with Crippen LogP contribution in [0.15, 0.2) is 16.6 Å². The maximum Gasteiger partial charge on any atom is 0.416 e. The topological polar surface area (TPSA) is 37.3 Å². The molecule has 0 aromatic heterocycles. The van der Waals surface area contributed by atoms with Crippen molar-refractivity contribution in [3.05, 3.63) is 27.7 Å². The van der Waals surface area contributed by atoms with Gasteiger partial charge in [-0.2, -0.15) is 13.2 Å². The van der Waals surface area contributed by atoms with E-state index in [0.29, 0.717) is 6.07 Å². The average molecular weight is 297 g/mol. The van der Waals surface area contributed by atoms with Gasteiger partial charge >= 0.3 is 6.18 Å². The number of phenolic OH excluding ortho intramolecular Hbond substituents is 1. The molecule has 1 rings (SSSR count). The Hall–Kier alpha value is -1.04. The summed E-state index contributed by atoms with van der Waals surface area (Å²) in [6.07, 6.45) is -4.51. The molecule has 2 nitrogen and oxygen atoms in total. The standard InChI is InChI=1S/C10H8BrF3O2/c1-2-8(15)6-3-5(10(12,13)14)4-7(11)9(6)16/h3-4,16H,2H2,1H3. The van der Waals surface area contributed by atoms with Crippen LogP contribution in [0.25, 0.3) is 0 Å². The average Bonchev–Trinajstić information content (AvgIpc) is 2.19. The highest BCUT2D eigenvalue weighted by molar-refractivity contribution is 9.10. The predicted octanol–water partition coefficient (Wildman–Crippen LogP) is 3.77. The quantitative estimate of drug-likeness (QED) is 0.844. The highest BCUT2D eigenvalue weighted by Gasteiger charge is 2.32. The highest BCUT2D eigenvalue weighted by Crippen LogP contribution is 2.37. The van der Waals surface area contributed by atoms with E-state index in [4.69, 9.17) is 0 Å². The highest BCUT2D eigenvalue weighted by atomic mass is 79.9. The molecule has 0 unspecified atom stereocenters. The van der Waals surface area contributed by atoms with Gasteiger partial charge in [0, 0.05) is 6.42 Å². The molecular formula is C10H8BrF3O2. The van der Waals surface area contributed by atoms with Crippen LogP contribution in [0, 0.1) is 0 Å². The molecule has 6 heteroatoms. The monoisotopic (exact) mass is 296 g/mol. The molecule has 0 aliphatic heterocycles. The molecule has 0 fully saturated rings. The van der Waals surface area contributed by atoms with Gasteiger partial charge in [-0.05, 0) is 28.1 Å². The number of phenols is 1. The molecule has 1 aromatic rings. The van der Waals surface area contributed by atoms with E-state index in [0.717, 1.165) is 6.07 Å². The molecule has 1 N–H and O–H groups in total. The van der Waals surface area contributed by atoms with Gasteiger partial charge in [0.1, 0.15) is 5.75 Å². The first-order valence-electron chi connectivity index (χ1n) is 4.40. The van der Waals surface area contributed by atoms with E-state index in [1.165, 1.54) is 6.92 Å². The second-order valence-corrected chi connectivity index (χ2v) is 3.98. The number of hydrogen-bond donors (Lipinski definition) is 1. The van der Waals surface area contributed by atoms with E-state index < -0.39 is 23.3 Å². The Bertz CT molecular complexity index is 427. The van der Waals surface area contributed by atoms with Crippen LogP contribution in [0.1, 0.15) is 29.3 Å². The van der Waals surface area contributed by atoms with Gasteiger partial charge in [-0.1, -0.05) is 6.92 Å². The number of aromatic hydroxyl groups is 1. The third kappa shape index (κ3) is 2.55. The lowest BCUT2D eigenvalue weighted by molar-refractivity contribution is -0.137. The van der Waals surface area contributed by atoms with Crippen molar-refractivity contribution >= 4 is 21.7 Å². The zero-order chi connectivity index (χ0) is 12.5. The fraction of sp³-hybridized carbons (Fsp3) is 0.300. The van der Waals surface area contributed by atoms with E-state index in [2.05, 4.69) is 15.9 Å². The normalized spacial score (nSPS) is 11.6. The third-order valence-electron chi connectivity index (χ3n) is 2.01. The minimum absolute atomic E-state index is 0.0291. The summed E-state index contributed by atoms with van der Waals surface area (Å²) in [5.74, 6) is -0.996. The Morgan fingerprint density at radius 3 is 2.44 bits per heavy atom. The molecule has 0 bridgehead atoms. The number of carbonyl (C=O) groups is 1. The van der Waals surface area contributed by atoms with Crippen LogP contribution in [0.5, 0.6) is 5.75 Å². The molecule has 0 amide bonds. The lowest BCUT2D eigenvalue weighted by Gasteiger charge is -2.11. The Labute approximate surface area is 98.2 Å². The zero-order valence-electron chi connectivity index (χ0n) is 8.23. The summed E-state index contributed by atoms with van der Waals surface area (Å²) in [5.41, 5.74) is -1.28. The first-order chi connectivity index (χ1) is 7.27. The Kier molecular flexibility index (Phi) is 3.62. The molecular weight excluding hydrogens is 289 g/mol. The van der Waals surface area contributed by atoms with Gasteiger partial charge in [-0.15, -0.1) is 0 Å².